The van der Waals surface area contributed by atoms with Gasteiger partial charge in [0, 0.05) is 11.1 Å². The second kappa shape index (κ2) is 6.74. The zero-order chi connectivity index (χ0) is 19.3. The van der Waals surface area contributed by atoms with Gasteiger partial charge in [0.1, 0.15) is 36.2 Å². The highest BCUT2D eigenvalue weighted by atomic mass is 35.5. The summed E-state index contributed by atoms with van der Waals surface area (Å²) in [5.41, 5.74) is 3.43. The summed E-state index contributed by atoms with van der Waals surface area (Å²) in [6.07, 6.45) is 4.30. The van der Waals surface area contributed by atoms with E-state index in [9.17, 15) is 4.79 Å². The molecule has 1 aromatic heterocycles. The summed E-state index contributed by atoms with van der Waals surface area (Å²) in [7, 11) is 0. The van der Waals surface area contributed by atoms with Crippen LogP contribution in [-0.2, 0) is 11.3 Å². The summed E-state index contributed by atoms with van der Waals surface area (Å²) in [4.78, 5) is 24.7. The third-order valence-electron chi connectivity index (χ3n) is 5.03. The van der Waals surface area contributed by atoms with Gasteiger partial charge in [-0.2, -0.15) is 4.99 Å². The van der Waals surface area contributed by atoms with Gasteiger partial charge >= 0.3 is 6.09 Å². The Labute approximate surface area is 166 Å². The van der Waals surface area contributed by atoms with Crippen molar-refractivity contribution < 1.29 is 19.0 Å². The van der Waals surface area contributed by atoms with E-state index in [1.165, 1.54) is 6.33 Å². The molecule has 1 unspecified atom stereocenters. The Morgan fingerprint density at radius 2 is 2.00 bits per heavy atom. The van der Waals surface area contributed by atoms with Crippen molar-refractivity contribution in [2.45, 2.75) is 51.4 Å². The van der Waals surface area contributed by atoms with Crippen LogP contribution >= 0.6 is 11.6 Å². The molecular weight excluding hydrogens is 382 g/mol. The highest BCUT2D eigenvalue weighted by Gasteiger charge is 2.30. The van der Waals surface area contributed by atoms with Crippen LogP contribution in [0.1, 0.15) is 43.9 Å². The molecule has 2 aromatic rings. The van der Waals surface area contributed by atoms with E-state index in [2.05, 4.69) is 15.0 Å². The first kappa shape index (κ1) is 17.4. The molecule has 3 heterocycles. The van der Waals surface area contributed by atoms with Crippen LogP contribution in [0.15, 0.2) is 23.5 Å². The molecule has 0 bridgehead atoms. The second-order valence-electron chi connectivity index (χ2n) is 7.20. The number of amides is 1. The Kier molecular flexibility index (Phi) is 4.19. The van der Waals surface area contributed by atoms with Crippen molar-refractivity contribution in [2.24, 2.45) is 4.99 Å². The smallest absolute Gasteiger partial charge is 0.434 e. The van der Waals surface area contributed by atoms with Crippen LogP contribution in [0, 0.1) is 0 Å². The van der Waals surface area contributed by atoms with E-state index in [0.717, 1.165) is 24.0 Å². The van der Waals surface area contributed by atoms with E-state index in [4.69, 9.17) is 25.8 Å². The predicted octanol–water partition coefficient (Wildman–Crippen LogP) is 4.34. The third-order valence-corrected chi connectivity index (χ3v) is 5.45. The molecule has 1 atom stereocenters. The number of aromatic nitrogens is 2. The molecule has 1 aliphatic carbocycles. The first-order valence-corrected chi connectivity index (χ1v) is 9.72. The van der Waals surface area contributed by atoms with E-state index >= 15 is 0 Å². The number of benzene rings is 1. The van der Waals surface area contributed by atoms with Gasteiger partial charge in [0.05, 0.1) is 16.8 Å². The molecule has 1 fully saturated rings. The number of ether oxygens (including phenoxy) is 3. The van der Waals surface area contributed by atoms with Gasteiger partial charge in [0.15, 0.2) is 5.75 Å². The number of aliphatic imine (C=N–C) groups is 1. The number of fused-ring (bicyclic) bond motifs is 3. The van der Waals surface area contributed by atoms with E-state index in [-0.39, 0.29) is 18.8 Å². The number of nitrogens with zero attached hydrogens (tertiary/aromatic N) is 3. The summed E-state index contributed by atoms with van der Waals surface area (Å²) < 4.78 is 17.1. The summed E-state index contributed by atoms with van der Waals surface area (Å²) >= 11 is 6.58. The molecule has 3 aliphatic rings. The van der Waals surface area contributed by atoms with Gasteiger partial charge in [-0.15, -0.1) is 0 Å². The maximum Gasteiger partial charge on any atom is 0.434 e. The highest BCUT2D eigenvalue weighted by Crippen LogP contribution is 2.44. The first-order chi connectivity index (χ1) is 13.6. The van der Waals surface area contributed by atoms with Crippen molar-refractivity contribution in [3.05, 3.63) is 34.7 Å². The fraction of sp³-hybridized carbons (Fsp3) is 0.400. The molecule has 144 valence electrons. The predicted molar refractivity (Wildman–Crippen MR) is 102 cm³/mol. The summed E-state index contributed by atoms with van der Waals surface area (Å²) in [6, 6.07) is 3.82. The molecule has 1 aromatic carbocycles. The number of hydrogen-bond acceptors (Lipinski definition) is 6. The standard InChI is InChI=1S/C20H18ClN3O4/c1-10-2-6-14(24-20(25)27-10)18-19-17(22-9-23-18)12-5-7-15(28-11-3-4-11)16(21)13(12)8-26-19/h5,7,9-11H,2-4,6,8H2,1H3. The molecule has 0 N–H and O–H groups in total. The molecule has 8 heteroatoms. The number of hydrogen-bond donors (Lipinski definition) is 0. The third kappa shape index (κ3) is 3.09. The highest BCUT2D eigenvalue weighted by molar-refractivity contribution is 6.33. The van der Waals surface area contributed by atoms with Gasteiger partial charge in [-0.25, -0.2) is 14.8 Å². The lowest BCUT2D eigenvalue weighted by Crippen LogP contribution is -2.15. The number of rotatable bonds is 3. The van der Waals surface area contributed by atoms with Gasteiger partial charge in [-0.1, -0.05) is 11.6 Å². The maximum atomic E-state index is 11.9. The number of cyclic esters (lactones) is 1. The Morgan fingerprint density at radius 1 is 1.18 bits per heavy atom. The average Bonchev–Trinajstić information content (AvgIpc) is 3.51. The SMILES string of the molecule is CC1CCC(c2ncnc3c2OCc2c-3ccc(OC3CC3)c2Cl)=NC(=O)O1. The number of carbonyl (C=O) groups excluding carboxylic acids is 1. The van der Waals surface area contributed by atoms with E-state index < -0.39 is 6.09 Å². The number of carbonyl (C=O) groups is 1. The van der Waals surface area contributed by atoms with Crippen LogP contribution in [0.4, 0.5) is 4.79 Å². The van der Waals surface area contributed by atoms with Crippen LogP contribution in [0.2, 0.25) is 5.02 Å². The van der Waals surface area contributed by atoms with Crippen molar-refractivity contribution >= 4 is 23.4 Å². The Balaban J connectivity index is 1.56. The summed E-state index contributed by atoms with van der Waals surface area (Å²) in [6.45, 7) is 2.12. The fourth-order valence-electron chi connectivity index (χ4n) is 3.41. The van der Waals surface area contributed by atoms with Gasteiger partial charge < -0.3 is 14.2 Å². The molecule has 28 heavy (non-hydrogen) atoms. The van der Waals surface area contributed by atoms with Crippen LogP contribution < -0.4 is 9.47 Å². The minimum Gasteiger partial charge on any atom is -0.489 e. The molecule has 0 spiro atoms. The minimum atomic E-state index is -0.603. The van der Waals surface area contributed by atoms with Crippen LogP contribution in [0.3, 0.4) is 0 Å². The lowest BCUT2D eigenvalue weighted by atomic mass is 9.98. The van der Waals surface area contributed by atoms with Gasteiger partial charge in [0.2, 0.25) is 0 Å². The largest absolute Gasteiger partial charge is 0.489 e. The van der Waals surface area contributed by atoms with Crippen LogP contribution in [-0.4, -0.2) is 34.0 Å². The first-order valence-electron chi connectivity index (χ1n) is 9.35. The summed E-state index contributed by atoms with van der Waals surface area (Å²) in [5.74, 6) is 1.19. The molecule has 1 amide bonds. The average molecular weight is 400 g/mol. The molecule has 2 aliphatic heterocycles. The molecule has 5 rings (SSSR count). The monoisotopic (exact) mass is 399 g/mol. The Bertz CT molecular complexity index is 1000. The van der Waals surface area contributed by atoms with Crippen LogP contribution in [0.5, 0.6) is 11.5 Å². The van der Waals surface area contributed by atoms with E-state index in [0.29, 0.717) is 46.5 Å². The van der Waals surface area contributed by atoms with Gasteiger partial charge in [-0.05, 0) is 44.7 Å². The zero-order valence-corrected chi connectivity index (χ0v) is 16.0. The molecule has 1 saturated carbocycles. The second-order valence-corrected chi connectivity index (χ2v) is 7.58. The van der Waals surface area contributed by atoms with Crippen molar-refractivity contribution in [1.29, 1.82) is 0 Å². The van der Waals surface area contributed by atoms with Gasteiger partial charge in [0.25, 0.3) is 0 Å². The Morgan fingerprint density at radius 3 is 2.82 bits per heavy atom. The van der Waals surface area contributed by atoms with Crippen molar-refractivity contribution in [3.8, 4) is 22.8 Å². The molecule has 7 nitrogen and oxygen atoms in total. The summed E-state index contributed by atoms with van der Waals surface area (Å²) in [5, 5.41) is 0.555. The molecular formula is C20H18ClN3O4. The lowest BCUT2D eigenvalue weighted by molar-refractivity contribution is 0.116. The van der Waals surface area contributed by atoms with Gasteiger partial charge in [-0.3, -0.25) is 0 Å². The van der Waals surface area contributed by atoms with Crippen molar-refractivity contribution in [3.63, 3.8) is 0 Å². The van der Waals surface area contributed by atoms with Crippen molar-refractivity contribution in [2.75, 3.05) is 0 Å². The minimum absolute atomic E-state index is 0.184. The Hall–Kier alpha value is -2.67. The maximum absolute atomic E-state index is 11.9. The number of halogens is 1. The quantitative estimate of drug-likeness (QED) is 0.763. The topological polar surface area (TPSA) is 82.9 Å². The molecule has 0 radical (unpaired) electrons. The van der Waals surface area contributed by atoms with Crippen LogP contribution in [0.25, 0.3) is 11.3 Å². The lowest BCUT2D eigenvalue weighted by Gasteiger charge is -2.23. The normalized spacial score (nSPS) is 20.9. The van der Waals surface area contributed by atoms with Crippen molar-refractivity contribution in [1.82, 2.24) is 9.97 Å². The molecule has 0 saturated heterocycles. The van der Waals surface area contributed by atoms with E-state index in [1.807, 2.05) is 19.1 Å². The fourth-order valence-corrected chi connectivity index (χ4v) is 3.67. The zero-order valence-electron chi connectivity index (χ0n) is 15.3. The van der Waals surface area contributed by atoms with E-state index in [1.54, 1.807) is 0 Å².